The monoisotopic (exact) mass is 272 g/mol. The number of ether oxygens (including phenoxy) is 1. The maximum absolute atomic E-state index is 11.6. The highest BCUT2D eigenvalue weighted by Crippen LogP contribution is 2.25. The van der Waals surface area contributed by atoms with Crippen LogP contribution in [0.2, 0.25) is 0 Å². The second-order valence-corrected chi connectivity index (χ2v) is 3.83. The Morgan fingerprint density at radius 2 is 2.11 bits per heavy atom. The lowest BCUT2D eigenvalue weighted by Crippen LogP contribution is -2.19. The van der Waals surface area contributed by atoms with Gasteiger partial charge in [0.1, 0.15) is 5.75 Å². The fraction of sp³-hybridized carbons (Fsp3) is 0.462. The molecule has 0 heterocycles. The molecule has 1 amide bonds. The van der Waals surface area contributed by atoms with Crippen LogP contribution in [-0.2, 0) is 4.79 Å². The highest BCUT2D eigenvalue weighted by Gasteiger charge is 2.07. The second kappa shape index (κ2) is 8.78. The summed E-state index contributed by atoms with van der Waals surface area (Å²) in [6.45, 7) is 5.18. The molecule has 2 N–H and O–H groups in total. The molecule has 1 aromatic rings. The molecule has 4 nitrogen and oxygen atoms in total. The molecular formula is C13H21ClN2O2. The molecule has 0 saturated heterocycles. The van der Waals surface area contributed by atoms with Gasteiger partial charge in [-0.15, -0.1) is 12.4 Å². The van der Waals surface area contributed by atoms with Gasteiger partial charge in [-0.1, -0.05) is 6.07 Å². The van der Waals surface area contributed by atoms with E-state index in [1.807, 2.05) is 39.1 Å². The van der Waals surface area contributed by atoms with Crippen molar-refractivity contribution in [1.29, 1.82) is 0 Å². The number of benzene rings is 1. The lowest BCUT2D eigenvalue weighted by Gasteiger charge is -2.12. The Balaban J connectivity index is 0.00000289. The van der Waals surface area contributed by atoms with Crippen LogP contribution in [0.3, 0.4) is 0 Å². The van der Waals surface area contributed by atoms with Gasteiger partial charge in [0.25, 0.3) is 0 Å². The van der Waals surface area contributed by atoms with Gasteiger partial charge in [-0.3, -0.25) is 4.79 Å². The average molecular weight is 273 g/mol. The second-order valence-electron chi connectivity index (χ2n) is 3.83. The highest BCUT2D eigenvalue weighted by molar-refractivity contribution is 5.92. The van der Waals surface area contributed by atoms with Gasteiger partial charge >= 0.3 is 0 Å². The van der Waals surface area contributed by atoms with E-state index in [1.165, 1.54) is 0 Å². The van der Waals surface area contributed by atoms with Crippen molar-refractivity contribution in [3.05, 3.63) is 23.8 Å². The zero-order chi connectivity index (χ0) is 12.7. The van der Waals surface area contributed by atoms with E-state index in [-0.39, 0.29) is 18.3 Å². The Bertz CT molecular complexity index is 383. The number of nitrogens with one attached hydrogen (secondary N) is 2. The van der Waals surface area contributed by atoms with Gasteiger partial charge in [-0.25, -0.2) is 0 Å². The number of aryl methyl sites for hydroxylation is 1. The van der Waals surface area contributed by atoms with Crippen LogP contribution in [0, 0.1) is 6.92 Å². The molecular weight excluding hydrogens is 252 g/mol. The number of hydrogen-bond donors (Lipinski definition) is 2. The van der Waals surface area contributed by atoms with Crippen molar-refractivity contribution < 1.29 is 9.53 Å². The minimum Gasteiger partial charge on any atom is -0.492 e. The molecule has 1 rings (SSSR count). The van der Waals surface area contributed by atoms with Gasteiger partial charge < -0.3 is 15.4 Å². The van der Waals surface area contributed by atoms with Crippen LogP contribution in [0.1, 0.15) is 18.9 Å². The summed E-state index contributed by atoms with van der Waals surface area (Å²) < 4.78 is 5.49. The predicted molar refractivity (Wildman–Crippen MR) is 76.8 cm³/mol. The highest BCUT2D eigenvalue weighted by atomic mass is 35.5. The Labute approximate surface area is 115 Å². The minimum atomic E-state index is -0.0100. The summed E-state index contributed by atoms with van der Waals surface area (Å²) in [5, 5.41) is 5.79. The maximum atomic E-state index is 11.6. The van der Waals surface area contributed by atoms with Crippen molar-refractivity contribution in [2.24, 2.45) is 0 Å². The molecule has 0 bridgehead atoms. The molecule has 0 aromatic heterocycles. The number of halogens is 1. The molecule has 0 atom stereocenters. The van der Waals surface area contributed by atoms with E-state index in [2.05, 4.69) is 10.6 Å². The first-order valence-electron chi connectivity index (χ1n) is 5.85. The summed E-state index contributed by atoms with van der Waals surface area (Å²) in [6, 6.07) is 5.75. The van der Waals surface area contributed by atoms with Crippen molar-refractivity contribution in [1.82, 2.24) is 5.32 Å². The van der Waals surface area contributed by atoms with E-state index >= 15 is 0 Å². The third kappa shape index (κ3) is 5.38. The summed E-state index contributed by atoms with van der Waals surface area (Å²) >= 11 is 0. The molecule has 0 fully saturated rings. The zero-order valence-corrected chi connectivity index (χ0v) is 11.9. The zero-order valence-electron chi connectivity index (χ0n) is 11.1. The third-order valence-corrected chi connectivity index (χ3v) is 2.31. The first-order chi connectivity index (χ1) is 8.17. The third-order valence-electron chi connectivity index (χ3n) is 2.31. The predicted octanol–water partition coefficient (Wildman–Crippen LogP) is 2.36. The van der Waals surface area contributed by atoms with Crippen molar-refractivity contribution >= 4 is 24.0 Å². The van der Waals surface area contributed by atoms with Gasteiger partial charge in [0, 0.05) is 13.0 Å². The number of anilines is 1. The SMILES string of the molecule is CCOc1cc(C)ccc1NC(=O)CCNC.Cl. The summed E-state index contributed by atoms with van der Waals surface area (Å²) in [7, 11) is 1.82. The Morgan fingerprint density at radius 3 is 2.72 bits per heavy atom. The first-order valence-corrected chi connectivity index (χ1v) is 5.85. The van der Waals surface area contributed by atoms with Crippen LogP contribution in [0.4, 0.5) is 5.69 Å². The summed E-state index contributed by atoms with van der Waals surface area (Å²) in [4.78, 5) is 11.6. The normalized spacial score (nSPS) is 9.50. The maximum Gasteiger partial charge on any atom is 0.225 e. The largest absolute Gasteiger partial charge is 0.492 e. The van der Waals surface area contributed by atoms with Gasteiger partial charge in [0.05, 0.1) is 12.3 Å². The van der Waals surface area contributed by atoms with Crippen molar-refractivity contribution in [3.8, 4) is 5.75 Å². The quantitative estimate of drug-likeness (QED) is 0.836. The van der Waals surface area contributed by atoms with Crippen LogP contribution in [0.5, 0.6) is 5.75 Å². The number of hydrogen-bond acceptors (Lipinski definition) is 3. The Hall–Kier alpha value is -1.26. The minimum absolute atomic E-state index is 0. The number of rotatable bonds is 6. The summed E-state index contributed by atoms with van der Waals surface area (Å²) in [6.07, 6.45) is 0.454. The van der Waals surface area contributed by atoms with Gasteiger partial charge in [-0.2, -0.15) is 0 Å². The summed E-state index contributed by atoms with van der Waals surface area (Å²) in [5.74, 6) is 0.717. The van der Waals surface area contributed by atoms with E-state index in [4.69, 9.17) is 4.74 Å². The van der Waals surface area contributed by atoms with E-state index in [0.29, 0.717) is 19.6 Å². The fourth-order valence-electron chi connectivity index (χ4n) is 1.46. The van der Waals surface area contributed by atoms with Crippen molar-refractivity contribution in [2.75, 3.05) is 25.5 Å². The molecule has 1 aromatic carbocycles. The van der Waals surface area contributed by atoms with E-state index < -0.39 is 0 Å². The van der Waals surface area contributed by atoms with Gasteiger partial charge in [0.15, 0.2) is 0 Å². The molecule has 0 unspecified atom stereocenters. The smallest absolute Gasteiger partial charge is 0.225 e. The average Bonchev–Trinajstić information content (AvgIpc) is 2.30. The summed E-state index contributed by atoms with van der Waals surface area (Å²) in [5.41, 5.74) is 1.85. The van der Waals surface area contributed by atoms with Crippen molar-refractivity contribution in [2.45, 2.75) is 20.3 Å². The lowest BCUT2D eigenvalue weighted by atomic mass is 10.2. The van der Waals surface area contributed by atoms with Crippen LogP contribution in [-0.4, -0.2) is 26.1 Å². The van der Waals surface area contributed by atoms with Gasteiger partial charge in [0.2, 0.25) is 5.91 Å². The fourth-order valence-corrected chi connectivity index (χ4v) is 1.46. The number of amides is 1. The molecule has 0 aliphatic rings. The lowest BCUT2D eigenvalue weighted by molar-refractivity contribution is -0.116. The molecule has 0 spiro atoms. The molecule has 102 valence electrons. The number of carbonyl (C=O) groups is 1. The van der Waals surface area contributed by atoms with Crippen LogP contribution in [0.15, 0.2) is 18.2 Å². The molecule has 18 heavy (non-hydrogen) atoms. The van der Waals surface area contributed by atoms with Crippen LogP contribution >= 0.6 is 12.4 Å². The first kappa shape index (κ1) is 16.7. The Kier molecular flexibility index (Phi) is 8.16. The van der Waals surface area contributed by atoms with E-state index in [0.717, 1.165) is 17.0 Å². The molecule has 0 aliphatic carbocycles. The molecule has 0 radical (unpaired) electrons. The van der Waals surface area contributed by atoms with E-state index in [9.17, 15) is 4.79 Å². The topological polar surface area (TPSA) is 50.4 Å². The van der Waals surface area contributed by atoms with Crippen LogP contribution in [0.25, 0.3) is 0 Å². The van der Waals surface area contributed by atoms with Crippen LogP contribution < -0.4 is 15.4 Å². The Morgan fingerprint density at radius 1 is 1.39 bits per heavy atom. The van der Waals surface area contributed by atoms with Crippen molar-refractivity contribution in [3.63, 3.8) is 0 Å². The molecule has 0 saturated carbocycles. The molecule has 5 heteroatoms. The van der Waals surface area contributed by atoms with E-state index in [1.54, 1.807) is 0 Å². The standard InChI is InChI=1S/C13H20N2O2.ClH/c1-4-17-12-9-10(2)5-6-11(12)15-13(16)7-8-14-3;/h5-6,9,14H,4,7-8H2,1-3H3,(H,15,16);1H. The van der Waals surface area contributed by atoms with Gasteiger partial charge in [-0.05, 0) is 38.6 Å². The molecule has 0 aliphatic heterocycles. The number of carbonyl (C=O) groups excluding carboxylic acids is 1.